The van der Waals surface area contributed by atoms with Crippen LogP contribution in [-0.4, -0.2) is 62.6 Å². The molecule has 25 heavy (non-hydrogen) atoms. The molecule has 0 amide bonds. The maximum Gasteiger partial charge on any atom is 0.228 e. The van der Waals surface area contributed by atoms with Crippen LogP contribution in [0.5, 0.6) is 5.75 Å². The number of H-pyrrole nitrogens is 1. The normalized spacial score (nSPS) is 20.4. The number of nitrogens with zero attached hydrogens (tertiary/aromatic N) is 4. The van der Waals surface area contributed by atoms with Gasteiger partial charge in [-0.3, -0.25) is 0 Å². The van der Waals surface area contributed by atoms with E-state index in [9.17, 15) is 10.2 Å². The number of hydrogen-bond donors (Lipinski definition) is 3. The van der Waals surface area contributed by atoms with Crippen molar-refractivity contribution in [3.8, 4) is 17.0 Å². The first-order valence-corrected chi connectivity index (χ1v) is 8.10. The second-order valence-electron chi connectivity index (χ2n) is 6.08. The minimum absolute atomic E-state index is 0.0586. The number of benzene rings is 1. The fraction of sp³-hybridized carbons (Fsp3) is 0.353. The summed E-state index contributed by atoms with van der Waals surface area (Å²) in [5, 5.41) is 19.5. The fourth-order valence-corrected chi connectivity index (χ4v) is 3.22. The summed E-state index contributed by atoms with van der Waals surface area (Å²) >= 11 is 0. The SMILES string of the molecule is COc1ccc(-c2nc(N3C[C@H](O)C[C@H]3CO)nc3nc[nH]c23)cc1. The van der Waals surface area contributed by atoms with Crippen molar-refractivity contribution < 1.29 is 14.9 Å². The van der Waals surface area contributed by atoms with Crippen LogP contribution in [0.25, 0.3) is 22.4 Å². The number of anilines is 1. The molecule has 2 aromatic heterocycles. The van der Waals surface area contributed by atoms with E-state index in [4.69, 9.17) is 9.72 Å². The van der Waals surface area contributed by atoms with Gasteiger partial charge >= 0.3 is 0 Å². The molecule has 0 bridgehead atoms. The summed E-state index contributed by atoms with van der Waals surface area (Å²) in [5.41, 5.74) is 2.92. The van der Waals surface area contributed by atoms with E-state index in [1.807, 2.05) is 29.2 Å². The first kappa shape index (κ1) is 15.8. The van der Waals surface area contributed by atoms with Gasteiger partial charge in [0, 0.05) is 12.1 Å². The zero-order valence-electron chi connectivity index (χ0n) is 13.8. The van der Waals surface area contributed by atoms with Crippen molar-refractivity contribution in [2.75, 3.05) is 25.2 Å². The van der Waals surface area contributed by atoms with Crippen molar-refractivity contribution in [1.82, 2.24) is 19.9 Å². The smallest absolute Gasteiger partial charge is 0.228 e. The molecule has 3 N–H and O–H groups in total. The Morgan fingerprint density at radius 2 is 2.08 bits per heavy atom. The second kappa shape index (κ2) is 6.30. The van der Waals surface area contributed by atoms with Crippen LogP contribution in [-0.2, 0) is 0 Å². The van der Waals surface area contributed by atoms with Crippen LogP contribution >= 0.6 is 0 Å². The summed E-state index contributed by atoms with van der Waals surface area (Å²) in [5.74, 6) is 1.22. The van der Waals surface area contributed by atoms with Gasteiger partial charge in [0.1, 0.15) is 17.0 Å². The molecule has 0 saturated carbocycles. The first-order valence-electron chi connectivity index (χ1n) is 8.10. The average molecular weight is 341 g/mol. The Balaban J connectivity index is 1.82. The van der Waals surface area contributed by atoms with Crippen LogP contribution in [0.15, 0.2) is 30.6 Å². The summed E-state index contributed by atoms with van der Waals surface area (Å²) in [4.78, 5) is 18.4. The zero-order valence-corrected chi connectivity index (χ0v) is 13.8. The van der Waals surface area contributed by atoms with Gasteiger partial charge in [0.2, 0.25) is 5.95 Å². The molecule has 2 atom stereocenters. The fourth-order valence-electron chi connectivity index (χ4n) is 3.22. The number of β-amino-alcohol motifs (C(OH)–C–C–N with tert-alkyl or cyclic N) is 1. The highest BCUT2D eigenvalue weighted by atomic mass is 16.5. The van der Waals surface area contributed by atoms with Gasteiger partial charge in [0.25, 0.3) is 0 Å². The van der Waals surface area contributed by atoms with Crippen LogP contribution in [0.2, 0.25) is 0 Å². The number of methoxy groups -OCH3 is 1. The van der Waals surface area contributed by atoms with Crippen molar-refractivity contribution in [1.29, 1.82) is 0 Å². The first-order chi connectivity index (χ1) is 12.2. The Kier molecular flexibility index (Phi) is 3.98. The Morgan fingerprint density at radius 1 is 1.28 bits per heavy atom. The van der Waals surface area contributed by atoms with Crippen LogP contribution in [0.3, 0.4) is 0 Å². The molecule has 0 spiro atoms. The Morgan fingerprint density at radius 3 is 2.80 bits per heavy atom. The number of hydrogen-bond acceptors (Lipinski definition) is 7. The number of aliphatic hydroxyl groups is 2. The monoisotopic (exact) mass is 341 g/mol. The molecular formula is C17H19N5O3. The zero-order chi connectivity index (χ0) is 17.4. The predicted molar refractivity (Wildman–Crippen MR) is 92.5 cm³/mol. The summed E-state index contributed by atoms with van der Waals surface area (Å²) in [6.07, 6.45) is 1.58. The lowest BCUT2D eigenvalue weighted by Crippen LogP contribution is -2.33. The number of aromatic nitrogens is 4. The molecule has 3 aromatic rings. The Hall–Kier alpha value is -2.71. The van der Waals surface area contributed by atoms with Crippen LogP contribution in [0, 0.1) is 0 Å². The maximum atomic E-state index is 9.94. The number of nitrogens with one attached hydrogen (secondary N) is 1. The molecule has 1 fully saturated rings. The Labute approximate surface area is 144 Å². The van der Waals surface area contributed by atoms with Gasteiger partial charge in [0.05, 0.1) is 32.2 Å². The minimum atomic E-state index is -0.500. The minimum Gasteiger partial charge on any atom is -0.497 e. The lowest BCUT2D eigenvalue weighted by atomic mass is 10.1. The third-order valence-electron chi connectivity index (χ3n) is 4.50. The average Bonchev–Trinajstić information content (AvgIpc) is 3.26. The van der Waals surface area contributed by atoms with Crippen molar-refractivity contribution >= 4 is 17.1 Å². The van der Waals surface area contributed by atoms with Gasteiger partial charge in [0.15, 0.2) is 5.65 Å². The van der Waals surface area contributed by atoms with Crippen LogP contribution in [0.1, 0.15) is 6.42 Å². The molecule has 1 aliphatic rings. The van der Waals surface area contributed by atoms with Crippen LogP contribution in [0.4, 0.5) is 5.95 Å². The van der Waals surface area contributed by atoms with Crippen molar-refractivity contribution in [2.24, 2.45) is 0 Å². The van der Waals surface area contributed by atoms with E-state index in [0.717, 1.165) is 22.5 Å². The topological polar surface area (TPSA) is 107 Å². The molecule has 1 aliphatic heterocycles. The third kappa shape index (κ3) is 2.79. The standard InChI is InChI=1S/C17H19N5O3/c1-25-13-4-2-10(3-5-13)14-15-16(19-9-18-15)21-17(20-14)22-7-12(24)6-11(22)8-23/h2-5,9,11-12,23-24H,6-8H2,1H3,(H,18,19,20,21)/t11-,12+/m0/s1. The summed E-state index contributed by atoms with van der Waals surface area (Å²) < 4.78 is 5.21. The highest BCUT2D eigenvalue weighted by Gasteiger charge is 2.33. The molecule has 0 aliphatic carbocycles. The van der Waals surface area contributed by atoms with Gasteiger partial charge in [-0.1, -0.05) is 0 Å². The molecular weight excluding hydrogens is 322 g/mol. The number of aromatic amines is 1. The van der Waals surface area contributed by atoms with E-state index >= 15 is 0 Å². The quantitative estimate of drug-likeness (QED) is 0.649. The van der Waals surface area contributed by atoms with Gasteiger partial charge < -0.3 is 24.8 Å². The predicted octanol–water partition coefficient (Wildman–Crippen LogP) is 0.960. The van der Waals surface area contributed by atoms with E-state index in [1.165, 1.54) is 0 Å². The number of aliphatic hydroxyl groups excluding tert-OH is 2. The molecule has 1 saturated heterocycles. The number of ether oxygens (including phenoxy) is 1. The lowest BCUT2D eigenvalue weighted by molar-refractivity contribution is 0.184. The van der Waals surface area contributed by atoms with E-state index in [0.29, 0.717) is 24.6 Å². The number of rotatable bonds is 4. The summed E-state index contributed by atoms with van der Waals surface area (Å²) in [6.45, 7) is 0.333. The maximum absolute atomic E-state index is 9.94. The molecule has 1 aromatic carbocycles. The molecule has 0 radical (unpaired) electrons. The van der Waals surface area contributed by atoms with E-state index < -0.39 is 6.10 Å². The van der Waals surface area contributed by atoms with Gasteiger partial charge in [-0.2, -0.15) is 4.98 Å². The van der Waals surface area contributed by atoms with Gasteiger partial charge in [-0.05, 0) is 30.7 Å². The molecule has 3 heterocycles. The summed E-state index contributed by atoms with van der Waals surface area (Å²) in [6, 6.07) is 7.39. The molecule has 8 nitrogen and oxygen atoms in total. The van der Waals surface area contributed by atoms with Crippen molar-refractivity contribution in [3.05, 3.63) is 30.6 Å². The van der Waals surface area contributed by atoms with E-state index in [-0.39, 0.29) is 12.6 Å². The Bertz CT molecular complexity index is 880. The number of imidazole rings is 1. The van der Waals surface area contributed by atoms with E-state index in [1.54, 1.807) is 13.4 Å². The van der Waals surface area contributed by atoms with E-state index in [2.05, 4.69) is 15.0 Å². The largest absolute Gasteiger partial charge is 0.497 e. The molecule has 4 rings (SSSR count). The van der Waals surface area contributed by atoms with Gasteiger partial charge in [-0.15, -0.1) is 0 Å². The van der Waals surface area contributed by atoms with Crippen molar-refractivity contribution in [2.45, 2.75) is 18.6 Å². The number of fused-ring (bicyclic) bond motifs is 1. The molecule has 130 valence electrons. The summed E-state index contributed by atoms with van der Waals surface area (Å²) in [7, 11) is 1.62. The molecule has 0 unspecified atom stereocenters. The second-order valence-corrected chi connectivity index (χ2v) is 6.08. The van der Waals surface area contributed by atoms with Crippen LogP contribution < -0.4 is 9.64 Å². The van der Waals surface area contributed by atoms with Gasteiger partial charge in [-0.25, -0.2) is 9.97 Å². The van der Waals surface area contributed by atoms with Crippen molar-refractivity contribution in [3.63, 3.8) is 0 Å². The third-order valence-corrected chi connectivity index (χ3v) is 4.50. The highest BCUT2D eigenvalue weighted by Crippen LogP contribution is 2.30. The molecule has 8 heteroatoms. The lowest BCUT2D eigenvalue weighted by Gasteiger charge is -2.23. The highest BCUT2D eigenvalue weighted by molar-refractivity contribution is 5.88.